The summed E-state index contributed by atoms with van der Waals surface area (Å²) in [4.78, 5) is 0. The van der Waals surface area contributed by atoms with Gasteiger partial charge in [0.25, 0.3) is 10.2 Å². The lowest BCUT2D eigenvalue weighted by Gasteiger charge is -2.34. The van der Waals surface area contributed by atoms with Gasteiger partial charge >= 0.3 is 0 Å². The van der Waals surface area contributed by atoms with Crippen LogP contribution in [0.1, 0.15) is 20.8 Å². The minimum atomic E-state index is -3.23. The van der Waals surface area contributed by atoms with Crippen LogP contribution in [-0.2, 0) is 10.2 Å². The fraction of sp³-hybridized carbons (Fsp3) is 1.00. The van der Waals surface area contributed by atoms with E-state index in [0.29, 0.717) is 26.2 Å². The zero-order valence-electron chi connectivity index (χ0n) is 10.1. The molecule has 1 atom stereocenters. The van der Waals surface area contributed by atoms with E-state index >= 15 is 0 Å². The van der Waals surface area contributed by atoms with Crippen LogP contribution in [0.2, 0.25) is 0 Å². The van der Waals surface area contributed by atoms with Crippen LogP contribution in [-0.4, -0.2) is 55.8 Å². The van der Waals surface area contributed by atoms with Crippen molar-refractivity contribution in [2.24, 2.45) is 0 Å². The molecule has 0 saturated carbocycles. The van der Waals surface area contributed by atoms with E-state index in [0.717, 1.165) is 6.54 Å². The Morgan fingerprint density at radius 2 is 1.94 bits per heavy atom. The van der Waals surface area contributed by atoms with Crippen molar-refractivity contribution in [1.82, 2.24) is 13.9 Å². The van der Waals surface area contributed by atoms with Crippen LogP contribution in [0.15, 0.2) is 0 Å². The predicted octanol–water partition coefficient (Wildman–Crippen LogP) is 0.288. The molecule has 1 saturated heterocycles. The van der Waals surface area contributed by atoms with Gasteiger partial charge in [0, 0.05) is 38.8 Å². The molecule has 0 aromatic heterocycles. The van der Waals surface area contributed by atoms with Gasteiger partial charge in [-0.15, -0.1) is 12.4 Å². The normalized spacial score (nSPS) is 23.1. The van der Waals surface area contributed by atoms with Gasteiger partial charge < -0.3 is 5.32 Å². The SMILES string of the molecule is CCN(CC)S(=O)(=O)N1CCN[C@H](C)C1.Cl. The Morgan fingerprint density at radius 3 is 2.38 bits per heavy atom. The highest BCUT2D eigenvalue weighted by molar-refractivity contribution is 7.86. The minimum Gasteiger partial charge on any atom is -0.312 e. The molecule has 1 N–H and O–H groups in total. The van der Waals surface area contributed by atoms with E-state index in [9.17, 15) is 8.42 Å². The van der Waals surface area contributed by atoms with Crippen molar-refractivity contribution in [1.29, 1.82) is 0 Å². The van der Waals surface area contributed by atoms with Crippen molar-refractivity contribution in [2.75, 3.05) is 32.7 Å². The summed E-state index contributed by atoms with van der Waals surface area (Å²) in [5, 5.41) is 3.23. The van der Waals surface area contributed by atoms with Gasteiger partial charge in [0.15, 0.2) is 0 Å². The molecule has 0 aliphatic carbocycles. The highest BCUT2D eigenvalue weighted by Gasteiger charge is 2.30. The molecule has 16 heavy (non-hydrogen) atoms. The van der Waals surface area contributed by atoms with Crippen LogP contribution in [0.4, 0.5) is 0 Å². The molecule has 7 heteroatoms. The maximum Gasteiger partial charge on any atom is 0.282 e. The second kappa shape index (κ2) is 6.76. The molecular formula is C9H22ClN3O2S. The molecule has 98 valence electrons. The number of nitrogens with zero attached hydrogens (tertiary/aromatic N) is 2. The summed E-state index contributed by atoms with van der Waals surface area (Å²) in [6, 6.07) is 0.240. The van der Waals surface area contributed by atoms with Crippen LogP contribution in [0, 0.1) is 0 Å². The molecule has 1 aliphatic heterocycles. The van der Waals surface area contributed by atoms with Crippen molar-refractivity contribution >= 4 is 22.6 Å². The minimum absolute atomic E-state index is 0. The Balaban J connectivity index is 0.00000225. The number of halogens is 1. The van der Waals surface area contributed by atoms with E-state index in [1.54, 1.807) is 4.31 Å². The van der Waals surface area contributed by atoms with E-state index in [1.807, 2.05) is 20.8 Å². The smallest absolute Gasteiger partial charge is 0.282 e. The van der Waals surface area contributed by atoms with Crippen molar-refractivity contribution in [2.45, 2.75) is 26.8 Å². The Morgan fingerprint density at radius 1 is 1.38 bits per heavy atom. The highest BCUT2D eigenvalue weighted by Crippen LogP contribution is 2.10. The van der Waals surface area contributed by atoms with E-state index in [1.165, 1.54) is 4.31 Å². The highest BCUT2D eigenvalue weighted by atomic mass is 35.5. The quantitative estimate of drug-likeness (QED) is 0.800. The lowest BCUT2D eigenvalue weighted by molar-refractivity contribution is 0.284. The molecule has 1 heterocycles. The van der Waals surface area contributed by atoms with Crippen LogP contribution < -0.4 is 5.32 Å². The molecule has 0 radical (unpaired) electrons. The average molecular weight is 272 g/mol. The second-order valence-electron chi connectivity index (χ2n) is 3.81. The Labute approximate surface area is 105 Å². The fourth-order valence-electron chi connectivity index (χ4n) is 1.82. The molecular weight excluding hydrogens is 250 g/mol. The lowest BCUT2D eigenvalue weighted by Crippen LogP contribution is -2.55. The van der Waals surface area contributed by atoms with E-state index in [2.05, 4.69) is 5.32 Å². The largest absolute Gasteiger partial charge is 0.312 e. The van der Waals surface area contributed by atoms with Gasteiger partial charge in [0.1, 0.15) is 0 Å². The van der Waals surface area contributed by atoms with Crippen LogP contribution in [0.5, 0.6) is 0 Å². The molecule has 5 nitrogen and oxygen atoms in total. The first-order chi connectivity index (χ1) is 7.02. The Bertz CT molecular complexity index is 293. The average Bonchev–Trinajstić information content (AvgIpc) is 2.19. The first-order valence-corrected chi connectivity index (χ1v) is 6.90. The zero-order valence-corrected chi connectivity index (χ0v) is 11.8. The van der Waals surface area contributed by atoms with Gasteiger partial charge in [0.05, 0.1) is 0 Å². The first-order valence-electron chi connectivity index (χ1n) is 5.51. The summed E-state index contributed by atoms with van der Waals surface area (Å²) in [5.74, 6) is 0. The van der Waals surface area contributed by atoms with E-state index in [-0.39, 0.29) is 18.4 Å². The van der Waals surface area contributed by atoms with Crippen molar-refractivity contribution < 1.29 is 8.42 Å². The summed E-state index contributed by atoms with van der Waals surface area (Å²) in [5.41, 5.74) is 0. The van der Waals surface area contributed by atoms with Crippen LogP contribution >= 0.6 is 12.4 Å². The Hall–Kier alpha value is 0.120. The summed E-state index contributed by atoms with van der Waals surface area (Å²) < 4.78 is 27.3. The zero-order chi connectivity index (χ0) is 11.5. The van der Waals surface area contributed by atoms with Crippen molar-refractivity contribution in [3.8, 4) is 0 Å². The van der Waals surface area contributed by atoms with E-state index < -0.39 is 10.2 Å². The van der Waals surface area contributed by atoms with Crippen LogP contribution in [0.3, 0.4) is 0 Å². The third kappa shape index (κ3) is 3.56. The van der Waals surface area contributed by atoms with Gasteiger partial charge in [-0.05, 0) is 6.92 Å². The third-order valence-electron chi connectivity index (χ3n) is 2.69. The molecule has 1 fully saturated rings. The lowest BCUT2D eigenvalue weighted by atomic mass is 10.3. The maximum atomic E-state index is 12.1. The standard InChI is InChI=1S/C9H21N3O2S.ClH/c1-4-11(5-2)15(13,14)12-7-6-10-9(3)8-12;/h9-10H,4-8H2,1-3H3;1H/t9-;/m1./s1. The molecule has 0 spiro atoms. The van der Waals surface area contributed by atoms with Gasteiger partial charge in [0.2, 0.25) is 0 Å². The van der Waals surface area contributed by atoms with Gasteiger partial charge in [-0.25, -0.2) is 0 Å². The second-order valence-corrected chi connectivity index (χ2v) is 5.73. The number of piperazine rings is 1. The van der Waals surface area contributed by atoms with Gasteiger partial charge in [-0.1, -0.05) is 13.8 Å². The van der Waals surface area contributed by atoms with E-state index in [4.69, 9.17) is 0 Å². The molecule has 0 unspecified atom stereocenters. The summed E-state index contributed by atoms with van der Waals surface area (Å²) in [7, 11) is -3.23. The molecule has 0 bridgehead atoms. The fourth-order valence-corrected chi connectivity index (χ4v) is 3.53. The number of rotatable bonds is 4. The summed E-state index contributed by atoms with van der Waals surface area (Å²) in [6.45, 7) is 8.70. The number of hydrogen-bond donors (Lipinski definition) is 1. The van der Waals surface area contributed by atoms with Gasteiger partial charge in [-0.3, -0.25) is 0 Å². The molecule has 0 aromatic rings. The molecule has 1 aliphatic rings. The summed E-state index contributed by atoms with van der Waals surface area (Å²) >= 11 is 0. The topological polar surface area (TPSA) is 52.7 Å². The third-order valence-corrected chi connectivity index (χ3v) is 4.84. The first kappa shape index (κ1) is 16.1. The van der Waals surface area contributed by atoms with Gasteiger partial charge in [-0.2, -0.15) is 17.0 Å². The predicted molar refractivity (Wildman–Crippen MR) is 68.1 cm³/mol. The monoisotopic (exact) mass is 271 g/mol. The summed E-state index contributed by atoms with van der Waals surface area (Å²) in [6.07, 6.45) is 0. The van der Waals surface area contributed by atoms with Crippen molar-refractivity contribution in [3.05, 3.63) is 0 Å². The maximum absolute atomic E-state index is 12.1. The molecule has 0 aromatic carbocycles. The Kier molecular flexibility index (Phi) is 6.81. The van der Waals surface area contributed by atoms with Crippen LogP contribution in [0.25, 0.3) is 0 Å². The number of nitrogens with one attached hydrogen (secondary N) is 1. The van der Waals surface area contributed by atoms with Crippen molar-refractivity contribution in [3.63, 3.8) is 0 Å². The number of hydrogen-bond acceptors (Lipinski definition) is 3. The molecule has 0 amide bonds. The molecule has 1 rings (SSSR count).